The van der Waals surface area contributed by atoms with Gasteiger partial charge in [0.1, 0.15) is 11.5 Å². The molecule has 0 N–H and O–H groups in total. The van der Waals surface area contributed by atoms with Gasteiger partial charge in [0.05, 0.1) is 25.8 Å². The second-order valence-electron chi connectivity index (χ2n) is 5.41. The van der Waals surface area contributed by atoms with Crippen LogP contribution in [0.15, 0.2) is 54.6 Å². The van der Waals surface area contributed by atoms with Gasteiger partial charge in [0, 0.05) is 0 Å². The first-order valence-electron chi connectivity index (χ1n) is 7.74. The van der Waals surface area contributed by atoms with Crippen LogP contribution < -0.4 is 9.47 Å². The fourth-order valence-electron chi connectivity index (χ4n) is 2.48. The molecule has 0 saturated carbocycles. The summed E-state index contributed by atoms with van der Waals surface area (Å²) in [6, 6.07) is 17.5. The smallest absolute Gasteiger partial charge is 0.497 e. The van der Waals surface area contributed by atoms with E-state index in [9.17, 15) is 22.7 Å². The molecule has 0 amide bonds. The maximum atomic E-state index is 9.75. The third-order valence-corrected chi connectivity index (χ3v) is 3.67. The number of fused-ring (bicyclic) bond motifs is 1. The summed E-state index contributed by atoms with van der Waals surface area (Å²) in [5.41, 5.74) is 2.31. The number of hydrogen-bond donors (Lipinski definition) is 0. The third kappa shape index (κ3) is 5.61. The Kier molecular flexibility index (Phi) is 6.24. The molecule has 0 aliphatic heterocycles. The molecule has 0 saturated heterocycles. The predicted molar refractivity (Wildman–Crippen MR) is 97.4 cm³/mol. The Hall–Kier alpha value is -3.28. The van der Waals surface area contributed by atoms with E-state index in [2.05, 4.69) is 11.0 Å². The largest absolute Gasteiger partial charge is 0.673 e. The van der Waals surface area contributed by atoms with Crippen LogP contribution in [0.1, 0.15) is 0 Å². The van der Waals surface area contributed by atoms with E-state index in [0.29, 0.717) is 11.4 Å². The Labute approximate surface area is 153 Å². The zero-order valence-electron chi connectivity index (χ0n) is 14.5. The number of hydrogen-bond acceptors (Lipinski definition) is 3. The van der Waals surface area contributed by atoms with Crippen LogP contribution >= 0.6 is 0 Å². The minimum absolute atomic E-state index is 0.479. The molecule has 0 fully saturated rings. The number of benzene rings is 3. The van der Waals surface area contributed by atoms with Gasteiger partial charge in [-0.1, -0.05) is 18.2 Å². The van der Waals surface area contributed by atoms with Crippen molar-refractivity contribution in [3.63, 3.8) is 0 Å². The van der Waals surface area contributed by atoms with Gasteiger partial charge in [-0.05, 0) is 46.7 Å². The maximum Gasteiger partial charge on any atom is 0.673 e. The summed E-state index contributed by atoms with van der Waals surface area (Å²) in [4.78, 5) is 3.36. The standard InChI is InChI=1S/C18H15N2O2.BF4/c1-21-15-6-5-12-9-14(4-3-13(12)10-15)17-8-7-16(22-2)11-18(17)20-19;2-1(3,4)5/h3-11H,1-2H3;/q+1;-1. The van der Waals surface area contributed by atoms with E-state index in [4.69, 9.17) is 9.47 Å². The Morgan fingerprint density at radius 1 is 0.778 bits per heavy atom. The normalized spacial score (nSPS) is 10.6. The lowest BCUT2D eigenvalue weighted by Crippen LogP contribution is -2.02. The van der Waals surface area contributed by atoms with Crippen molar-refractivity contribution in [2.75, 3.05) is 14.2 Å². The number of halogens is 4. The Balaban J connectivity index is 0.000000465. The molecule has 0 unspecified atom stereocenters. The lowest BCUT2D eigenvalue weighted by molar-refractivity contribution is 0.368. The number of ether oxygens (including phenoxy) is 2. The monoisotopic (exact) mass is 378 g/mol. The molecule has 0 atom stereocenters. The first kappa shape index (κ1) is 20.0. The summed E-state index contributed by atoms with van der Waals surface area (Å²) in [6.07, 6.45) is 0. The molecule has 0 bridgehead atoms. The SMILES string of the molecule is COc1ccc(-c2ccc3cc(OC)ccc3c2)c([N+]#N)c1.F[B-](F)(F)F. The molecule has 4 nitrogen and oxygen atoms in total. The summed E-state index contributed by atoms with van der Waals surface area (Å²) in [7, 11) is -2.76. The fourth-order valence-corrected chi connectivity index (χ4v) is 2.48. The highest BCUT2D eigenvalue weighted by atomic mass is 19.5. The van der Waals surface area contributed by atoms with Crippen molar-refractivity contribution in [3.8, 4) is 22.6 Å². The minimum atomic E-state index is -6.00. The summed E-state index contributed by atoms with van der Waals surface area (Å²) >= 11 is 0. The average Bonchev–Trinajstić information content (AvgIpc) is 2.65. The molecule has 0 radical (unpaired) electrons. The van der Waals surface area contributed by atoms with E-state index in [0.717, 1.165) is 27.6 Å². The van der Waals surface area contributed by atoms with Gasteiger partial charge in [-0.15, -0.1) is 0 Å². The predicted octanol–water partition coefficient (Wildman–Crippen LogP) is 6.31. The molecule has 0 aromatic heterocycles. The number of nitrogens with zero attached hydrogens (tertiary/aromatic N) is 2. The van der Waals surface area contributed by atoms with Crippen molar-refractivity contribution in [3.05, 3.63) is 59.6 Å². The average molecular weight is 378 g/mol. The fraction of sp³-hybridized carbons (Fsp3) is 0.111. The van der Waals surface area contributed by atoms with Gasteiger partial charge in [0.25, 0.3) is 0 Å². The van der Waals surface area contributed by atoms with E-state index in [1.807, 2.05) is 42.5 Å². The lowest BCUT2D eigenvalue weighted by Gasteiger charge is -2.05. The summed E-state index contributed by atoms with van der Waals surface area (Å²) < 4.78 is 49.4. The summed E-state index contributed by atoms with van der Waals surface area (Å²) in [6.45, 7) is 0. The molecule has 3 aromatic rings. The van der Waals surface area contributed by atoms with Crippen molar-refractivity contribution in [1.82, 2.24) is 0 Å². The van der Waals surface area contributed by atoms with Gasteiger partial charge in [-0.2, -0.15) is 0 Å². The lowest BCUT2D eigenvalue weighted by atomic mass is 9.99. The summed E-state index contributed by atoms with van der Waals surface area (Å²) in [5, 5.41) is 11.4. The number of rotatable bonds is 3. The maximum absolute atomic E-state index is 9.75. The van der Waals surface area contributed by atoms with Crippen molar-refractivity contribution < 1.29 is 26.7 Å². The molecular weight excluding hydrogens is 363 g/mol. The molecule has 0 spiro atoms. The van der Waals surface area contributed by atoms with E-state index in [1.165, 1.54) is 0 Å². The van der Waals surface area contributed by atoms with Gasteiger partial charge in [0.2, 0.25) is 5.39 Å². The van der Waals surface area contributed by atoms with Gasteiger partial charge >= 0.3 is 12.9 Å². The van der Waals surface area contributed by atoms with Crippen LogP contribution in [0.3, 0.4) is 0 Å². The summed E-state index contributed by atoms with van der Waals surface area (Å²) in [5.74, 6) is 1.48. The molecule has 9 heteroatoms. The third-order valence-electron chi connectivity index (χ3n) is 3.67. The Morgan fingerprint density at radius 2 is 1.30 bits per heavy atom. The topological polar surface area (TPSA) is 46.6 Å². The van der Waals surface area contributed by atoms with E-state index >= 15 is 0 Å². The van der Waals surface area contributed by atoms with Crippen LogP contribution in [0.2, 0.25) is 0 Å². The minimum Gasteiger partial charge on any atom is -0.497 e. The van der Waals surface area contributed by atoms with Crippen LogP contribution in [0.4, 0.5) is 23.0 Å². The van der Waals surface area contributed by atoms with Crippen LogP contribution in [-0.4, -0.2) is 21.5 Å². The van der Waals surface area contributed by atoms with E-state index in [1.54, 1.807) is 20.3 Å². The van der Waals surface area contributed by atoms with Gasteiger partial charge < -0.3 is 26.7 Å². The highest BCUT2D eigenvalue weighted by molar-refractivity contribution is 6.50. The van der Waals surface area contributed by atoms with E-state index < -0.39 is 7.25 Å². The molecule has 0 heterocycles. The van der Waals surface area contributed by atoms with Crippen molar-refractivity contribution in [2.45, 2.75) is 0 Å². The number of diazo groups is 1. The number of methoxy groups -OCH3 is 2. The second-order valence-corrected chi connectivity index (χ2v) is 5.41. The zero-order valence-corrected chi connectivity index (χ0v) is 14.5. The van der Waals surface area contributed by atoms with Gasteiger partial charge in [-0.25, -0.2) is 0 Å². The highest BCUT2D eigenvalue weighted by Crippen LogP contribution is 2.35. The van der Waals surface area contributed by atoms with Gasteiger partial charge in [-0.3, -0.25) is 0 Å². The second kappa shape index (κ2) is 8.40. The van der Waals surface area contributed by atoms with Crippen molar-refractivity contribution in [1.29, 1.82) is 5.39 Å². The molecule has 0 aliphatic carbocycles. The van der Waals surface area contributed by atoms with Gasteiger partial charge in [0.15, 0.2) is 4.98 Å². The van der Waals surface area contributed by atoms with Crippen LogP contribution in [0.5, 0.6) is 11.5 Å². The molecule has 3 rings (SSSR count). The quantitative estimate of drug-likeness (QED) is 0.305. The first-order chi connectivity index (χ1) is 12.7. The molecule has 0 aliphatic rings. The molecule has 140 valence electrons. The van der Waals surface area contributed by atoms with E-state index in [-0.39, 0.29) is 0 Å². The highest BCUT2D eigenvalue weighted by Gasteiger charge is 2.20. The molecular formula is C18H15BF4N2O2. The van der Waals surface area contributed by atoms with Crippen molar-refractivity contribution >= 4 is 23.7 Å². The molecule has 27 heavy (non-hydrogen) atoms. The first-order valence-corrected chi connectivity index (χ1v) is 7.74. The Bertz CT molecular complexity index is 981. The van der Waals surface area contributed by atoms with Crippen LogP contribution in [0, 0.1) is 5.39 Å². The molecule has 3 aromatic carbocycles. The Morgan fingerprint density at radius 3 is 1.89 bits per heavy atom. The zero-order chi connectivity index (χ0) is 20.0. The van der Waals surface area contributed by atoms with Crippen molar-refractivity contribution in [2.24, 2.45) is 0 Å². The van der Waals surface area contributed by atoms with Crippen LogP contribution in [-0.2, 0) is 0 Å². The van der Waals surface area contributed by atoms with Crippen LogP contribution in [0.25, 0.3) is 26.9 Å².